The number of hydrogen-bond acceptors (Lipinski definition) is 3. The van der Waals surface area contributed by atoms with E-state index in [0.29, 0.717) is 12.1 Å². The van der Waals surface area contributed by atoms with Gasteiger partial charge in [-0.05, 0) is 42.0 Å². The van der Waals surface area contributed by atoms with Crippen molar-refractivity contribution in [2.45, 2.75) is 6.54 Å². The Balaban J connectivity index is 1.73. The van der Waals surface area contributed by atoms with Gasteiger partial charge in [-0.1, -0.05) is 46.3 Å². The van der Waals surface area contributed by atoms with Gasteiger partial charge in [0, 0.05) is 41.4 Å². The van der Waals surface area contributed by atoms with E-state index in [1.54, 1.807) is 17.3 Å². The molecule has 4 rings (SSSR count). The van der Waals surface area contributed by atoms with Gasteiger partial charge in [-0.3, -0.25) is 9.78 Å². The van der Waals surface area contributed by atoms with Gasteiger partial charge in [0.15, 0.2) is 0 Å². The molecule has 4 aromatic rings. The Morgan fingerprint density at radius 1 is 1.04 bits per heavy atom. The second-order valence-corrected chi connectivity index (χ2v) is 7.52. The molecule has 0 radical (unpaired) electrons. The minimum absolute atomic E-state index is 0.0355. The van der Waals surface area contributed by atoms with Gasteiger partial charge in [0.1, 0.15) is 0 Å². The largest absolute Gasteiger partial charge is 0.337 e. The molecule has 2 heterocycles. The van der Waals surface area contributed by atoms with E-state index in [1.165, 1.54) is 0 Å². The summed E-state index contributed by atoms with van der Waals surface area (Å²) >= 11 is 3.44. The fraction of sp³-hybridized carbons (Fsp3) is 0.0870. The van der Waals surface area contributed by atoms with E-state index < -0.39 is 0 Å². The average molecular weight is 432 g/mol. The molecule has 0 saturated heterocycles. The molecule has 1 amide bonds. The molecule has 0 atom stereocenters. The lowest BCUT2D eigenvalue weighted by molar-refractivity contribution is 0.0787. The molecule has 4 nitrogen and oxygen atoms in total. The van der Waals surface area contributed by atoms with Crippen LogP contribution in [-0.4, -0.2) is 27.8 Å². The van der Waals surface area contributed by atoms with Crippen LogP contribution in [0.2, 0.25) is 0 Å². The number of benzene rings is 2. The Morgan fingerprint density at radius 2 is 1.82 bits per heavy atom. The van der Waals surface area contributed by atoms with Crippen molar-refractivity contribution in [2.24, 2.45) is 0 Å². The monoisotopic (exact) mass is 431 g/mol. The SMILES string of the molecule is CN(Cc1ccc(Br)cc1)C(=O)c1cc(-c2cccnc2)nc2ccccc12. The number of aromatic nitrogens is 2. The number of fused-ring (bicyclic) bond motifs is 1. The Hall–Kier alpha value is -3.05. The Kier molecular flexibility index (Phi) is 5.17. The second kappa shape index (κ2) is 7.90. The molecule has 0 aliphatic heterocycles. The maximum absolute atomic E-state index is 13.3. The van der Waals surface area contributed by atoms with E-state index in [-0.39, 0.29) is 5.91 Å². The maximum Gasteiger partial charge on any atom is 0.254 e. The lowest BCUT2D eigenvalue weighted by Crippen LogP contribution is -2.26. The number of amides is 1. The van der Waals surface area contributed by atoms with E-state index in [9.17, 15) is 4.79 Å². The zero-order valence-corrected chi connectivity index (χ0v) is 16.9. The zero-order valence-electron chi connectivity index (χ0n) is 15.3. The minimum atomic E-state index is -0.0355. The van der Waals surface area contributed by atoms with E-state index in [4.69, 9.17) is 4.98 Å². The van der Waals surface area contributed by atoms with Gasteiger partial charge in [-0.25, -0.2) is 4.98 Å². The van der Waals surface area contributed by atoms with Gasteiger partial charge in [0.2, 0.25) is 0 Å². The van der Waals surface area contributed by atoms with Crippen LogP contribution in [0.4, 0.5) is 0 Å². The van der Waals surface area contributed by atoms with Crippen molar-refractivity contribution in [1.82, 2.24) is 14.9 Å². The number of rotatable bonds is 4. The van der Waals surface area contributed by atoms with Crippen LogP contribution in [0.1, 0.15) is 15.9 Å². The van der Waals surface area contributed by atoms with E-state index >= 15 is 0 Å². The predicted molar refractivity (Wildman–Crippen MR) is 115 cm³/mol. The van der Waals surface area contributed by atoms with Crippen molar-refractivity contribution in [3.05, 3.63) is 94.7 Å². The summed E-state index contributed by atoms with van der Waals surface area (Å²) in [5.41, 5.74) is 4.14. The highest BCUT2D eigenvalue weighted by Gasteiger charge is 2.17. The number of carbonyl (C=O) groups excluding carboxylic acids is 1. The smallest absolute Gasteiger partial charge is 0.254 e. The van der Waals surface area contributed by atoms with Gasteiger partial charge in [0.25, 0.3) is 5.91 Å². The third-order valence-electron chi connectivity index (χ3n) is 4.58. The van der Waals surface area contributed by atoms with Crippen LogP contribution in [0.25, 0.3) is 22.2 Å². The number of carbonyl (C=O) groups is 1. The Labute approximate surface area is 172 Å². The number of halogens is 1. The molecular weight excluding hydrogens is 414 g/mol. The van der Waals surface area contributed by atoms with E-state index in [2.05, 4.69) is 20.9 Å². The molecule has 2 aromatic heterocycles. The quantitative estimate of drug-likeness (QED) is 0.438. The molecule has 0 fully saturated rings. The minimum Gasteiger partial charge on any atom is -0.337 e. The van der Waals surface area contributed by atoms with E-state index in [1.807, 2.05) is 73.8 Å². The summed E-state index contributed by atoms with van der Waals surface area (Å²) in [6.45, 7) is 0.533. The van der Waals surface area contributed by atoms with Crippen LogP contribution < -0.4 is 0 Å². The molecule has 5 heteroatoms. The summed E-state index contributed by atoms with van der Waals surface area (Å²) < 4.78 is 1.02. The number of pyridine rings is 2. The van der Waals surface area contributed by atoms with Crippen molar-refractivity contribution in [2.75, 3.05) is 7.05 Å². The zero-order chi connectivity index (χ0) is 19.5. The summed E-state index contributed by atoms with van der Waals surface area (Å²) in [5, 5.41) is 0.850. The molecule has 0 aliphatic carbocycles. The molecule has 0 unspecified atom stereocenters. The van der Waals surface area contributed by atoms with Crippen molar-refractivity contribution < 1.29 is 4.79 Å². The van der Waals surface area contributed by atoms with Crippen molar-refractivity contribution in [3.8, 4) is 11.3 Å². The van der Waals surface area contributed by atoms with Gasteiger partial charge in [0.05, 0.1) is 16.8 Å². The molecule has 0 aliphatic rings. The summed E-state index contributed by atoms with van der Waals surface area (Å²) in [5.74, 6) is -0.0355. The van der Waals surface area contributed by atoms with Gasteiger partial charge >= 0.3 is 0 Å². The van der Waals surface area contributed by atoms with Crippen LogP contribution in [-0.2, 0) is 6.54 Å². The van der Waals surface area contributed by atoms with Crippen LogP contribution in [0.3, 0.4) is 0 Å². The molecule has 0 bridgehead atoms. The molecule has 138 valence electrons. The molecule has 2 aromatic carbocycles. The third kappa shape index (κ3) is 3.80. The molecule has 0 N–H and O–H groups in total. The number of hydrogen-bond donors (Lipinski definition) is 0. The second-order valence-electron chi connectivity index (χ2n) is 6.60. The Bertz CT molecular complexity index is 1130. The highest BCUT2D eigenvalue weighted by molar-refractivity contribution is 9.10. The fourth-order valence-corrected chi connectivity index (χ4v) is 3.42. The van der Waals surface area contributed by atoms with Crippen LogP contribution in [0.15, 0.2) is 83.6 Å². The predicted octanol–water partition coefficient (Wildman–Crippen LogP) is 5.33. The number of para-hydroxylation sites is 1. The van der Waals surface area contributed by atoms with Crippen LogP contribution in [0, 0.1) is 0 Å². The third-order valence-corrected chi connectivity index (χ3v) is 5.11. The first kappa shape index (κ1) is 18.3. The summed E-state index contributed by atoms with van der Waals surface area (Å²) in [7, 11) is 1.82. The Morgan fingerprint density at radius 3 is 2.57 bits per heavy atom. The first-order valence-electron chi connectivity index (χ1n) is 8.92. The summed E-state index contributed by atoms with van der Waals surface area (Å²) in [6, 6.07) is 21.4. The van der Waals surface area contributed by atoms with Crippen molar-refractivity contribution >= 4 is 32.7 Å². The maximum atomic E-state index is 13.3. The lowest BCUT2D eigenvalue weighted by Gasteiger charge is -2.19. The van der Waals surface area contributed by atoms with Crippen LogP contribution in [0.5, 0.6) is 0 Å². The molecule has 28 heavy (non-hydrogen) atoms. The average Bonchev–Trinajstić information content (AvgIpc) is 2.74. The molecule has 0 saturated carbocycles. The molecular formula is C23H18BrN3O. The van der Waals surface area contributed by atoms with Gasteiger partial charge < -0.3 is 4.90 Å². The normalized spacial score (nSPS) is 10.8. The topological polar surface area (TPSA) is 46.1 Å². The van der Waals surface area contributed by atoms with E-state index in [0.717, 1.165) is 32.2 Å². The first-order chi connectivity index (χ1) is 13.6. The highest BCUT2D eigenvalue weighted by atomic mass is 79.9. The molecule has 0 spiro atoms. The fourth-order valence-electron chi connectivity index (χ4n) is 3.16. The van der Waals surface area contributed by atoms with Gasteiger partial charge in [-0.15, -0.1) is 0 Å². The summed E-state index contributed by atoms with van der Waals surface area (Å²) in [4.78, 5) is 23.9. The van der Waals surface area contributed by atoms with Gasteiger partial charge in [-0.2, -0.15) is 0 Å². The summed E-state index contributed by atoms with van der Waals surface area (Å²) in [6.07, 6.45) is 3.49. The highest BCUT2D eigenvalue weighted by Crippen LogP contribution is 2.25. The van der Waals surface area contributed by atoms with Crippen molar-refractivity contribution in [3.63, 3.8) is 0 Å². The van der Waals surface area contributed by atoms with Crippen molar-refractivity contribution in [1.29, 1.82) is 0 Å². The first-order valence-corrected chi connectivity index (χ1v) is 9.71. The lowest BCUT2D eigenvalue weighted by atomic mass is 10.0. The number of nitrogens with zero attached hydrogens (tertiary/aromatic N) is 3. The van der Waals surface area contributed by atoms with Crippen LogP contribution >= 0.6 is 15.9 Å². The standard InChI is InChI=1S/C23H18BrN3O/c1-27(15-16-8-10-18(24)11-9-16)23(28)20-13-22(17-5-4-12-25-14-17)26-21-7-3-2-6-19(20)21/h2-14H,15H2,1H3.